The summed E-state index contributed by atoms with van der Waals surface area (Å²) in [5, 5.41) is 6.46. The minimum absolute atomic E-state index is 0.0843. The fraction of sp³-hybridized carbons (Fsp3) is 0.882. The van der Waals surface area contributed by atoms with Crippen LogP contribution in [0.2, 0.25) is 0 Å². The normalized spacial score (nSPS) is 24.0. The van der Waals surface area contributed by atoms with Crippen molar-refractivity contribution in [2.75, 3.05) is 20.1 Å². The molecule has 126 valence electrons. The van der Waals surface area contributed by atoms with Gasteiger partial charge < -0.3 is 15.5 Å². The Bertz CT molecular complexity index is 436. The van der Waals surface area contributed by atoms with E-state index in [1.54, 1.807) is 0 Å². The maximum atomic E-state index is 11.9. The Morgan fingerprint density at radius 1 is 1.23 bits per heavy atom. The summed E-state index contributed by atoms with van der Waals surface area (Å²) in [5.74, 6) is 1.05. The molecule has 0 bridgehead atoms. The molecule has 1 aliphatic heterocycles. The van der Waals surface area contributed by atoms with E-state index in [0.29, 0.717) is 19.0 Å². The minimum atomic E-state index is 0.0843. The van der Waals surface area contributed by atoms with Crippen LogP contribution in [0.4, 0.5) is 0 Å². The second kappa shape index (κ2) is 6.47. The van der Waals surface area contributed by atoms with E-state index in [1.807, 2.05) is 7.05 Å². The van der Waals surface area contributed by atoms with Crippen LogP contribution < -0.4 is 10.6 Å². The molecular formula is C17H32N4O. The van der Waals surface area contributed by atoms with Gasteiger partial charge in [0.15, 0.2) is 5.96 Å². The van der Waals surface area contributed by atoms with Gasteiger partial charge in [0.25, 0.3) is 0 Å². The summed E-state index contributed by atoms with van der Waals surface area (Å²) >= 11 is 0. The van der Waals surface area contributed by atoms with E-state index in [1.165, 1.54) is 12.8 Å². The highest BCUT2D eigenvalue weighted by Crippen LogP contribution is 2.46. The number of aliphatic imine (C=N–C) groups is 1. The molecule has 2 N–H and O–H groups in total. The topological polar surface area (TPSA) is 56.7 Å². The Labute approximate surface area is 134 Å². The highest BCUT2D eigenvalue weighted by atomic mass is 16.1. The first-order chi connectivity index (χ1) is 10.3. The van der Waals surface area contributed by atoms with Gasteiger partial charge in [-0.2, -0.15) is 0 Å². The Kier molecular flexibility index (Phi) is 5.03. The molecule has 2 rings (SSSR count). The van der Waals surface area contributed by atoms with Gasteiger partial charge in [-0.3, -0.25) is 9.79 Å². The van der Waals surface area contributed by atoms with Gasteiger partial charge in [-0.25, -0.2) is 0 Å². The lowest BCUT2D eigenvalue weighted by molar-refractivity contribution is -0.121. The SMILES string of the molecule is CN=C(NCCC(=O)NC1CCCC1)N1CC(C)(C)C1(C)C. The van der Waals surface area contributed by atoms with Gasteiger partial charge in [0.1, 0.15) is 0 Å². The average molecular weight is 308 g/mol. The van der Waals surface area contributed by atoms with Gasteiger partial charge in [0.05, 0.1) is 0 Å². The van der Waals surface area contributed by atoms with E-state index in [-0.39, 0.29) is 16.9 Å². The number of hydrogen-bond donors (Lipinski definition) is 2. The van der Waals surface area contributed by atoms with Crippen molar-refractivity contribution in [3.8, 4) is 0 Å². The van der Waals surface area contributed by atoms with Crippen molar-refractivity contribution in [1.82, 2.24) is 15.5 Å². The number of nitrogens with one attached hydrogen (secondary N) is 2. The summed E-state index contributed by atoms with van der Waals surface area (Å²) in [4.78, 5) is 18.6. The molecule has 0 aromatic carbocycles. The van der Waals surface area contributed by atoms with Crippen molar-refractivity contribution in [1.29, 1.82) is 0 Å². The maximum absolute atomic E-state index is 11.9. The molecule has 1 saturated carbocycles. The quantitative estimate of drug-likeness (QED) is 0.618. The molecule has 0 aromatic heterocycles. The lowest BCUT2D eigenvalue weighted by Crippen LogP contribution is -2.72. The average Bonchev–Trinajstić information content (AvgIpc) is 2.94. The summed E-state index contributed by atoms with van der Waals surface area (Å²) < 4.78 is 0. The molecule has 0 aromatic rings. The minimum Gasteiger partial charge on any atom is -0.356 e. The van der Waals surface area contributed by atoms with Gasteiger partial charge in [-0.15, -0.1) is 0 Å². The molecule has 0 radical (unpaired) electrons. The van der Waals surface area contributed by atoms with Gasteiger partial charge >= 0.3 is 0 Å². The molecule has 22 heavy (non-hydrogen) atoms. The van der Waals surface area contributed by atoms with E-state index < -0.39 is 0 Å². The Morgan fingerprint density at radius 3 is 2.36 bits per heavy atom. The smallest absolute Gasteiger partial charge is 0.221 e. The number of nitrogens with zero attached hydrogens (tertiary/aromatic N) is 2. The maximum Gasteiger partial charge on any atom is 0.221 e. The van der Waals surface area contributed by atoms with Crippen LogP contribution in [0.15, 0.2) is 4.99 Å². The lowest BCUT2D eigenvalue weighted by atomic mass is 9.65. The first-order valence-corrected chi connectivity index (χ1v) is 8.55. The highest BCUT2D eigenvalue weighted by molar-refractivity contribution is 5.83. The summed E-state index contributed by atoms with van der Waals surface area (Å²) in [6.45, 7) is 10.7. The Morgan fingerprint density at radius 2 is 1.86 bits per heavy atom. The molecule has 0 atom stereocenters. The summed E-state index contributed by atoms with van der Waals surface area (Å²) in [6, 6.07) is 0.405. The molecule has 5 nitrogen and oxygen atoms in total. The zero-order valence-electron chi connectivity index (χ0n) is 14.8. The molecule has 0 unspecified atom stereocenters. The predicted octanol–water partition coefficient (Wildman–Crippen LogP) is 2.13. The zero-order chi connectivity index (χ0) is 16.4. The molecule has 1 aliphatic carbocycles. The largest absolute Gasteiger partial charge is 0.356 e. The standard InChI is InChI=1S/C17H32N4O/c1-16(2)12-21(17(16,3)4)15(18-5)19-11-10-14(22)20-13-8-6-7-9-13/h13H,6-12H2,1-5H3,(H,18,19)(H,20,22). The predicted molar refractivity (Wildman–Crippen MR) is 90.9 cm³/mol. The highest BCUT2D eigenvalue weighted by Gasteiger charge is 2.53. The van der Waals surface area contributed by atoms with Crippen molar-refractivity contribution < 1.29 is 4.79 Å². The fourth-order valence-electron chi connectivity index (χ4n) is 3.35. The van der Waals surface area contributed by atoms with Crippen molar-refractivity contribution in [2.45, 2.75) is 71.4 Å². The molecule has 1 amide bonds. The molecular weight excluding hydrogens is 276 g/mol. The van der Waals surface area contributed by atoms with Crippen LogP contribution >= 0.6 is 0 Å². The Hall–Kier alpha value is -1.26. The first kappa shape index (κ1) is 17.1. The van der Waals surface area contributed by atoms with Gasteiger partial charge in [-0.1, -0.05) is 26.7 Å². The van der Waals surface area contributed by atoms with E-state index >= 15 is 0 Å². The molecule has 2 aliphatic rings. The van der Waals surface area contributed by atoms with E-state index in [2.05, 4.69) is 48.2 Å². The summed E-state index contributed by atoms with van der Waals surface area (Å²) in [6.07, 6.45) is 5.27. The third-order valence-corrected chi connectivity index (χ3v) is 5.71. The second-order valence-corrected chi connectivity index (χ2v) is 7.80. The van der Waals surface area contributed by atoms with Gasteiger partial charge in [-0.05, 0) is 26.7 Å². The van der Waals surface area contributed by atoms with Crippen LogP contribution in [0.3, 0.4) is 0 Å². The van der Waals surface area contributed by atoms with Crippen LogP contribution in [0.5, 0.6) is 0 Å². The number of rotatable bonds is 4. The third-order valence-electron chi connectivity index (χ3n) is 5.71. The molecule has 1 saturated heterocycles. The fourth-order valence-corrected chi connectivity index (χ4v) is 3.35. The third kappa shape index (κ3) is 3.39. The molecule has 1 heterocycles. The molecule has 2 fully saturated rings. The lowest BCUT2D eigenvalue weighted by Gasteiger charge is -2.62. The number of carbonyl (C=O) groups excluding carboxylic acids is 1. The first-order valence-electron chi connectivity index (χ1n) is 8.55. The van der Waals surface area contributed by atoms with Gasteiger partial charge in [0.2, 0.25) is 5.91 Å². The van der Waals surface area contributed by atoms with Crippen LogP contribution in [-0.4, -0.2) is 48.5 Å². The number of guanidine groups is 1. The number of amides is 1. The van der Waals surface area contributed by atoms with Crippen molar-refractivity contribution in [3.63, 3.8) is 0 Å². The number of hydrogen-bond acceptors (Lipinski definition) is 2. The van der Waals surface area contributed by atoms with E-state index in [0.717, 1.165) is 25.3 Å². The second-order valence-electron chi connectivity index (χ2n) is 7.80. The van der Waals surface area contributed by atoms with Crippen LogP contribution in [0.1, 0.15) is 59.8 Å². The van der Waals surface area contributed by atoms with Crippen LogP contribution in [0, 0.1) is 5.41 Å². The Balaban J connectivity index is 1.74. The van der Waals surface area contributed by atoms with Crippen molar-refractivity contribution >= 4 is 11.9 Å². The number of carbonyl (C=O) groups is 1. The van der Waals surface area contributed by atoms with Crippen LogP contribution in [-0.2, 0) is 4.79 Å². The molecule has 5 heteroatoms. The van der Waals surface area contributed by atoms with Crippen LogP contribution in [0.25, 0.3) is 0 Å². The van der Waals surface area contributed by atoms with Crippen molar-refractivity contribution in [2.24, 2.45) is 10.4 Å². The van der Waals surface area contributed by atoms with E-state index in [4.69, 9.17) is 0 Å². The van der Waals surface area contributed by atoms with Crippen molar-refractivity contribution in [3.05, 3.63) is 0 Å². The zero-order valence-corrected chi connectivity index (χ0v) is 14.8. The monoisotopic (exact) mass is 308 g/mol. The summed E-state index contributed by atoms with van der Waals surface area (Å²) in [5.41, 5.74) is 0.366. The number of likely N-dealkylation sites (tertiary alicyclic amines) is 1. The molecule has 0 spiro atoms. The van der Waals surface area contributed by atoms with Gasteiger partial charge in [0, 0.05) is 43.6 Å². The van der Waals surface area contributed by atoms with E-state index in [9.17, 15) is 4.79 Å². The summed E-state index contributed by atoms with van der Waals surface area (Å²) in [7, 11) is 1.81.